The molecule has 0 radical (unpaired) electrons. The summed E-state index contributed by atoms with van der Waals surface area (Å²) in [5.41, 5.74) is 0. The van der Waals surface area contributed by atoms with Gasteiger partial charge in [0, 0.05) is 0 Å². The number of carbonyl (C=O) groups is 2. The molecule has 3 aliphatic rings. The molecule has 0 saturated carbocycles. The number of hydrogen-bond donors (Lipinski definition) is 8. The highest BCUT2D eigenvalue weighted by Crippen LogP contribution is 2.47. The average Bonchev–Trinajstić information content (AvgIpc) is 2.98. The van der Waals surface area contributed by atoms with E-state index >= 15 is 0 Å². The van der Waals surface area contributed by atoms with Crippen molar-refractivity contribution in [3.05, 3.63) is 0 Å². The molecule has 0 aromatic rings. The van der Waals surface area contributed by atoms with Gasteiger partial charge in [-0.2, -0.15) is 0 Å². The van der Waals surface area contributed by atoms with E-state index < -0.39 is 98.8 Å². The van der Waals surface area contributed by atoms with Crippen LogP contribution in [0, 0.1) is 0 Å². The van der Waals surface area contributed by atoms with Gasteiger partial charge >= 0.3 is 23.7 Å². The lowest BCUT2D eigenvalue weighted by Crippen LogP contribution is -2.78. The molecule has 3 fully saturated rings. The van der Waals surface area contributed by atoms with E-state index in [-0.39, 0.29) is 0 Å². The second kappa shape index (κ2) is 8.45. The average molecular weight is 456 g/mol. The van der Waals surface area contributed by atoms with Crippen LogP contribution in [0.1, 0.15) is 12.8 Å². The first kappa shape index (κ1) is 24.1. The predicted octanol–water partition coefficient (Wildman–Crippen LogP) is -5.86. The van der Waals surface area contributed by atoms with E-state index in [4.69, 9.17) is 23.7 Å². The SMILES string of the molecule is O=C1CCC(=O)O[C@@]2(O)[C@@H](O)[C@H](O)[C@@H](CO)O[C@]2(OC2(CO)O[C@H](CO)[C@@H](O)[C@@H]2O)O1. The van der Waals surface area contributed by atoms with Crippen molar-refractivity contribution in [2.75, 3.05) is 19.8 Å². The van der Waals surface area contributed by atoms with Gasteiger partial charge in [0.05, 0.1) is 26.1 Å². The van der Waals surface area contributed by atoms with Crippen LogP contribution in [0.2, 0.25) is 0 Å². The fourth-order valence-electron chi connectivity index (χ4n) is 3.56. The first-order valence-corrected chi connectivity index (χ1v) is 9.26. The number of hydrogen-bond acceptors (Lipinski definition) is 15. The molecule has 8 N–H and O–H groups in total. The van der Waals surface area contributed by atoms with E-state index in [1.165, 1.54) is 0 Å². The smallest absolute Gasteiger partial charge is 0.405 e. The molecule has 178 valence electrons. The highest BCUT2D eigenvalue weighted by atomic mass is 17.0. The van der Waals surface area contributed by atoms with Gasteiger partial charge in [-0.1, -0.05) is 0 Å². The molecule has 0 aliphatic carbocycles. The zero-order valence-corrected chi connectivity index (χ0v) is 15.9. The van der Waals surface area contributed by atoms with Crippen molar-refractivity contribution in [3.63, 3.8) is 0 Å². The summed E-state index contributed by atoms with van der Waals surface area (Å²) in [6, 6.07) is 0. The number of esters is 2. The summed E-state index contributed by atoms with van der Waals surface area (Å²) in [6.07, 6.45) is -13.1. The third-order valence-corrected chi connectivity index (χ3v) is 5.29. The summed E-state index contributed by atoms with van der Waals surface area (Å²) >= 11 is 0. The van der Waals surface area contributed by atoms with E-state index in [0.717, 1.165) is 0 Å². The van der Waals surface area contributed by atoms with E-state index in [1.807, 2.05) is 0 Å². The molecule has 9 atom stereocenters. The second-order valence-electron chi connectivity index (χ2n) is 7.32. The quantitative estimate of drug-likeness (QED) is 0.180. The Balaban J connectivity index is 2.13. The van der Waals surface area contributed by atoms with Crippen LogP contribution in [0.4, 0.5) is 0 Å². The molecule has 15 heteroatoms. The van der Waals surface area contributed by atoms with Crippen LogP contribution in [-0.2, 0) is 33.3 Å². The van der Waals surface area contributed by atoms with Gasteiger partial charge in [-0.15, -0.1) is 0 Å². The molecule has 0 aromatic carbocycles. The maximum atomic E-state index is 12.2. The predicted molar refractivity (Wildman–Crippen MR) is 87.9 cm³/mol. The van der Waals surface area contributed by atoms with E-state index in [9.17, 15) is 50.4 Å². The Morgan fingerprint density at radius 3 is 1.87 bits per heavy atom. The van der Waals surface area contributed by atoms with Gasteiger partial charge in [0.15, 0.2) is 6.10 Å². The lowest BCUT2D eigenvalue weighted by Gasteiger charge is -2.54. The number of aliphatic hydroxyl groups excluding tert-OH is 7. The van der Waals surface area contributed by atoms with Crippen LogP contribution in [0.3, 0.4) is 0 Å². The topological polar surface area (TPSA) is 242 Å². The zero-order chi connectivity index (χ0) is 23.2. The number of aliphatic hydroxyl groups is 8. The Bertz CT molecular complexity index is 703. The van der Waals surface area contributed by atoms with Gasteiger partial charge in [0.2, 0.25) is 5.79 Å². The molecular weight excluding hydrogens is 432 g/mol. The van der Waals surface area contributed by atoms with Crippen molar-refractivity contribution in [3.8, 4) is 0 Å². The van der Waals surface area contributed by atoms with Crippen LogP contribution < -0.4 is 0 Å². The Labute approximate surface area is 173 Å². The molecule has 0 amide bonds. The van der Waals surface area contributed by atoms with Gasteiger partial charge in [-0.3, -0.25) is 14.3 Å². The van der Waals surface area contributed by atoms with Crippen molar-refractivity contribution in [1.82, 2.24) is 0 Å². The molecule has 0 bridgehead atoms. The minimum atomic E-state index is -3.49. The first-order valence-electron chi connectivity index (χ1n) is 9.26. The molecule has 3 heterocycles. The molecule has 1 unspecified atom stereocenters. The number of ether oxygens (including phenoxy) is 5. The Morgan fingerprint density at radius 2 is 1.35 bits per heavy atom. The Morgan fingerprint density at radius 1 is 0.839 bits per heavy atom. The summed E-state index contributed by atoms with van der Waals surface area (Å²) in [5.74, 6) is -12.1. The lowest BCUT2D eigenvalue weighted by atomic mass is 9.93. The van der Waals surface area contributed by atoms with Crippen LogP contribution in [0.5, 0.6) is 0 Å². The van der Waals surface area contributed by atoms with Gasteiger partial charge in [0.1, 0.15) is 37.1 Å². The molecule has 3 aliphatic heterocycles. The van der Waals surface area contributed by atoms with Crippen molar-refractivity contribution in [2.45, 2.75) is 67.0 Å². The van der Waals surface area contributed by atoms with Gasteiger partial charge < -0.3 is 59.8 Å². The highest BCUT2D eigenvalue weighted by molar-refractivity contribution is 5.79. The van der Waals surface area contributed by atoms with Crippen molar-refractivity contribution in [1.29, 1.82) is 0 Å². The van der Waals surface area contributed by atoms with E-state index in [1.54, 1.807) is 0 Å². The summed E-state index contributed by atoms with van der Waals surface area (Å²) in [7, 11) is 0. The minimum absolute atomic E-state index is 0.598. The second-order valence-corrected chi connectivity index (χ2v) is 7.32. The van der Waals surface area contributed by atoms with Crippen molar-refractivity contribution in [2.24, 2.45) is 0 Å². The monoisotopic (exact) mass is 456 g/mol. The van der Waals surface area contributed by atoms with Gasteiger partial charge in [-0.05, 0) is 0 Å². The summed E-state index contributed by atoms with van der Waals surface area (Å²) in [4.78, 5) is 24.3. The third kappa shape index (κ3) is 3.70. The zero-order valence-electron chi connectivity index (χ0n) is 15.9. The number of rotatable bonds is 5. The fraction of sp³-hybridized carbons (Fsp3) is 0.875. The Hall–Kier alpha value is -1.50. The van der Waals surface area contributed by atoms with Gasteiger partial charge in [-0.25, -0.2) is 0 Å². The molecule has 3 saturated heterocycles. The molecule has 15 nitrogen and oxygen atoms in total. The summed E-state index contributed by atoms with van der Waals surface area (Å²) in [6.45, 7) is -3.18. The van der Waals surface area contributed by atoms with Crippen molar-refractivity contribution >= 4 is 11.9 Å². The lowest BCUT2D eigenvalue weighted by molar-refractivity contribution is -0.554. The van der Waals surface area contributed by atoms with Crippen LogP contribution in [-0.4, -0.2) is 127 Å². The van der Waals surface area contributed by atoms with Gasteiger partial charge in [0.25, 0.3) is 0 Å². The van der Waals surface area contributed by atoms with Crippen LogP contribution >= 0.6 is 0 Å². The van der Waals surface area contributed by atoms with Crippen molar-refractivity contribution < 1.29 is 74.1 Å². The maximum absolute atomic E-state index is 12.2. The fourth-order valence-corrected chi connectivity index (χ4v) is 3.56. The van der Waals surface area contributed by atoms with E-state index in [0.29, 0.717) is 0 Å². The summed E-state index contributed by atoms with van der Waals surface area (Å²) in [5, 5.41) is 80.7. The molecule has 3 rings (SSSR count). The summed E-state index contributed by atoms with van der Waals surface area (Å²) < 4.78 is 25.5. The van der Waals surface area contributed by atoms with E-state index in [2.05, 4.69) is 0 Å². The Kier molecular flexibility index (Phi) is 6.58. The molecule has 0 aromatic heterocycles. The molecule has 31 heavy (non-hydrogen) atoms. The normalized spacial score (nSPS) is 48.4. The number of carbonyl (C=O) groups excluding carboxylic acids is 2. The minimum Gasteiger partial charge on any atom is -0.420 e. The number of fused-ring (bicyclic) bond motifs is 1. The largest absolute Gasteiger partial charge is 0.420 e. The van der Waals surface area contributed by atoms with Crippen LogP contribution in [0.15, 0.2) is 0 Å². The standard InChI is InChI=1S/C16H24O15/c17-3-6-10(22)12(24)14(5-19,27-6)31-16-15(26,13(25)11(23)7(4-18)28-16)29-8(20)1-2-9(21)30-16/h6-7,10-13,17-19,22-26H,1-5H2/t6-,7-,10-,11-,12+,13+,14?,15+,16+/m1/s1. The van der Waals surface area contributed by atoms with Crippen LogP contribution in [0.25, 0.3) is 0 Å². The molecular formula is C16H24O15. The third-order valence-electron chi connectivity index (χ3n) is 5.29. The highest BCUT2D eigenvalue weighted by Gasteiger charge is 2.75. The molecule has 0 spiro atoms. The first-order chi connectivity index (χ1) is 14.5. The maximum Gasteiger partial charge on any atom is 0.405 e.